The number of carbonyl (C=O) groups is 1. The first-order chi connectivity index (χ1) is 8.08. The van der Waals surface area contributed by atoms with Crippen LogP contribution in [0.4, 0.5) is 0 Å². The molecule has 6 nitrogen and oxygen atoms in total. The number of nitrogens with zero attached hydrogens (tertiary/aromatic N) is 2. The Morgan fingerprint density at radius 3 is 3.00 bits per heavy atom. The number of carboxylic acids is 1. The Labute approximate surface area is 102 Å². The van der Waals surface area contributed by atoms with E-state index in [-0.39, 0.29) is 17.5 Å². The van der Waals surface area contributed by atoms with E-state index >= 15 is 0 Å². The third kappa shape index (κ3) is 3.12. The summed E-state index contributed by atoms with van der Waals surface area (Å²) in [5, 5.41) is 15.3. The molecule has 17 heavy (non-hydrogen) atoms. The molecule has 1 aromatic rings. The van der Waals surface area contributed by atoms with E-state index in [9.17, 15) is 9.59 Å². The van der Waals surface area contributed by atoms with Crippen LogP contribution in [0.3, 0.4) is 0 Å². The third-order valence-corrected chi connectivity index (χ3v) is 3.75. The average Bonchev–Trinajstić information content (AvgIpc) is 2.97. The summed E-state index contributed by atoms with van der Waals surface area (Å²) in [5.41, 5.74) is -0.258. The highest BCUT2D eigenvalue weighted by Gasteiger charge is 2.26. The summed E-state index contributed by atoms with van der Waals surface area (Å²) < 4.78 is 1.56. The van der Waals surface area contributed by atoms with Gasteiger partial charge < -0.3 is 5.11 Å². The molecule has 0 bridgehead atoms. The number of thioether (sulfide) groups is 1. The largest absolute Gasteiger partial charge is 0.481 e. The van der Waals surface area contributed by atoms with Crippen LogP contribution in [0, 0.1) is 5.92 Å². The van der Waals surface area contributed by atoms with Gasteiger partial charge in [-0.3, -0.25) is 9.36 Å². The van der Waals surface area contributed by atoms with Crippen molar-refractivity contribution in [1.82, 2.24) is 14.8 Å². The summed E-state index contributed by atoms with van der Waals surface area (Å²) in [7, 11) is 0. The first-order valence-electron chi connectivity index (χ1n) is 5.59. The van der Waals surface area contributed by atoms with E-state index in [1.165, 1.54) is 12.8 Å². The number of aliphatic carboxylic acids is 1. The molecule has 1 saturated carbocycles. The standard InChI is InChI=1S/C10H15N3O3S/c1-6(4-7-2-3-7)13-9(16)11-12-10(13)17-5-8(14)15/h6-7H,2-5H2,1H3,(H,11,16)(H,14,15). The molecule has 1 aliphatic rings. The number of rotatable bonds is 6. The van der Waals surface area contributed by atoms with E-state index in [4.69, 9.17) is 5.11 Å². The molecule has 0 saturated heterocycles. The van der Waals surface area contributed by atoms with Gasteiger partial charge in [0.15, 0.2) is 5.16 Å². The molecule has 0 spiro atoms. The number of H-pyrrole nitrogens is 1. The molecule has 0 amide bonds. The van der Waals surface area contributed by atoms with Crippen molar-refractivity contribution in [3.63, 3.8) is 0 Å². The minimum Gasteiger partial charge on any atom is -0.481 e. The van der Waals surface area contributed by atoms with Gasteiger partial charge in [-0.1, -0.05) is 24.6 Å². The lowest BCUT2D eigenvalue weighted by atomic mass is 10.1. The minimum atomic E-state index is -0.910. The Balaban J connectivity index is 2.09. The quantitative estimate of drug-likeness (QED) is 0.745. The highest BCUT2D eigenvalue weighted by molar-refractivity contribution is 7.99. The molecular formula is C10H15N3O3S. The molecule has 1 unspecified atom stereocenters. The molecule has 1 heterocycles. The summed E-state index contributed by atoms with van der Waals surface area (Å²) >= 11 is 1.07. The van der Waals surface area contributed by atoms with E-state index in [1.54, 1.807) is 4.57 Å². The van der Waals surface area contributed by atoms with Crippen LogP contribution in [-0.4, -0.2) is 31.6 Å². The zero-order valence-corrected chi connectivity index (χ0v) is 10.4. The molecule has 0 radical (unpaired) electrons. The van der Waals surface area contributed by atoms with Crippen molar-refractivity contribution < 1.29 is 9.90 Å². The van der Waals surface area contributed by atoms with Crippen molar-refractivity contribution in [3.05, 3.63) is 10.5 Å². The smallest absolute Gasteiger partial charge is 0.344 e. The van der Waals surface area contributed by atoms with Gasteiger partial charge in [0, 0.05) is 6.04 Å². The number of nitrogens with one attached hydrogen (secondary N) is 1. The molecule has 1 fully saturated rings. The van der Waals surface area contributed by atoms with Crippen molar-refractivity contribution in [2.75, 3.05) is 5.75 Å². The normalized spacial score (nSPS) is 17.0. The lowest BCUT2D eigenvalue weighted by Gasteiger charge is -2.13. The van der Waals surface area contributed by atoms with Gasteiger partial charge in [-0.05, 0) is 19.3 Å². The Hall–Kier alpha value is -1.24. The number of aromatic nitrogens is 3. The number of hydrogen-bond acceptors (Lipinski definition) is 4. The van der Waals surface area contributed by atoms with Gasteiger partial charge in [-0.2, -0.15) is 0 Å². The van der Waals surface area contributed by atoms with Crippen LogP contribution in [0.15, 0.2) is 9.95 Å². The second-order valence-corrected chi connectivity index (χ2v) is 5.33. The van der Waals surface area contributed by atoms with Gasteiger partial charge in [-0.15, -0.1) is 5.10 Å². The minimum absolute atomic E-state index is 0.0741. The summed E-state index contributed by atoms with van der Waals surface area (Å²) in [6.45, 7) is 1.97. The fourth-order valence-electron chi connectivity index (χ4n) is 1.85. The van der Waals surface area contributed by atoms with Crippen molar-refractivity contribution in [2.24, 2.45) is 5.92 Å². The highest BCUT2D eigenvalue weighted by Crippen LogP contribution is 2.36. The van der Waals surface area contributed by atoms with Crippen LogP contribution in [-0.2, 0) is 4.79 Å². The van der Waals surface area contributed by atoms with Crippen molar-refractivity contribution >= 4 is 17.7 Å². The van der Waals surface area contributed by atoms with E-state index in [2.05, 4.69) is 10.2 Å². The predicted octanol–water partition coefficient (Wildman–Crippen LogP) is 1.11. The van der Waals surface area contributed by atoms with E-state index < -0.39 is 5.97 Å². The van der Waals surface area contributed by atoms with Gasteiger partial charge in [0.25, 0.3) is 0 Å². The monoisotopic (exact) mass is 257 g/mol. The molecule has 1 aliphatic carbocycles. The summed E-state index contributed by atoms with van der Waals surface area (Å²) in [6, 6.07) is 0.0741. The first-order valence-corrected chi connectivity index (χ1v) is 6.58. The molecule has 1 aromatic heterocycles. The van der Waals surface area contributed by atoms with Crippen molar-refractivity contribution in [3.8, 4) is 0 Å². The Morgan fingerprint density at radius 2 is 2.41 bits per heavy atom. The predicted molar refractivity (Wildman–Crippen MR) is 63.3 cm³/mol. The lowest BCUT2D eigenvalue weighted by Crippen LogP contribution is -2.22. The molecule has 0 aromatic carbocycles. The lowest BCUT2D eigenvalue weighted by molar-refractivity contribution is -0.133. The number of aromatic amines is 1. The molecule has 2 rings (SSSR count). The Kier molecular flexibility index (Phi) is 3.56. The molecule has 2 N–H and O–H groups in total. The fraction of sp³-hybridized carbons (Fsp3) is 0.700. The van der Waals surface area contributed by atoms with Gasteiger partial charge in [0.2, 0.25) is 0 Å². The maximum atomic E-state index is 11.6. The number of carboxylic acid groups (broad SMARTS) is 1. The van der Waals surface area contributed by atoms with E-state index in [0.29, 0.717) is 11.1 Å². The first kappa shape index (κ1) is 12.2. The molecule has 1 atom stereocenters. The van der Waals surface area contributed by atoms with E-state index in [0.717, 1.165) is 18.2 Å². The maximum absolute atomic E-state index is 11.6. The van der Waals surface area contributed by atoms with Crippen molar-refractivity contribution in [2.45, 2.75) is 37.4 Å². The SMILES string of the molecule is CC(CC1CC1)n1c(SCC(=O)O)n[nH]c1=O. The number of hydrogen-bond donors (Lipinski definition) is 2. The molecule has 0 aliphatic heterocycles. The van der Waals surface area contributed by atoms with Gasteiger partial charge >= 0.3 is 11.7 Å². The van der Waals surface area contributed by atoms with Crippen molar-refractivity contribution in [1.29, 1.82) is 0 Å². The summed E-state index contributed by atoms with van der Waals surface area (Å²) in [5.74, 6) is -0.281. The Bertz CT molecular complexity index is 464. The van der Waals surface area contributed by atoms with Crippen LogP contribution in [0.5, 0.6) is 0 Å². The van der Waals surface area contributed by atoms with Gasteiger partial charge in [0.05, 0.1) is 5.75 Å². The molecule has 94 valence electrons. The Morgan fingerprint density at radius 1 is 1.71 bits per heavy atom. The van der Waals surface area contributed by atoms with E-state index in [1.807, 2.05) is 6.92 Å². The highest BCUT2D eigenvalue weighted by atomic mass is 32.2. The van der Waals surface area contributed by atoms with Crippen LogP contribution >= 0.6 is 11.8 Å². The molecular weight excluding hydrogens is 242 g/mol. The summed E-state index contributed by atoms with van der Waals surface area (Å²) in [6.07, 6.45) is 3.42. The maximum Gasteiger partial charge on any atom is 0.344 e. The van der Waals surface area contributed by atoms with Crippen LogP contribution in [0.25, 0.3) is 0 Å². The van der Waals surface area contributed by atoms with Gasteiger partial charge in [0.1, 0.15) is 0 Å². The van der Waals surface area contributed by atoms with Crippen LogP contribution in [0.1, 0.15) is 32.2 Å². The third-order valence-electron chi connectivity index (χ3n) is 2.81. The average molecular weight is 257 g/mol. The topological polar surface area (TPSA) is 88.0 Å². The van der Waals surface area contributed by atoms with Crippen LogP contribution < -0.4 is 5.69 Å². The molecule has 7 heteroatoms. The fourth-order valence-corrected chi connectivity index (χ4v) is 2.61. The zero-order valence-electron chi connectivity index (χ0n) is 9.55. The zero-order chi connectivity index (χ0) is 12.4. The van der Waals surface area contributed by atoms with Gasteiger partial charge in [-0.25, -0.2) is 9.89 Å². The second kappa shape index (κ2) is 4.95. The summed E-state index contributed by atoms with van der Waals surface area (Å²) in [4.78, 5) is 22.1. The van der Waals surface area contributed by atoms with Crippen LogP contribution in [0.2, 0.25) is 0 Å². The second-order valence-electron chi connectivity index (χ2n) is 4.39.